The average Bonchev–Trinajstić information content (AvgIpc) is 3.18. The number of aryl methyl sites for hydroxylation is 5. The van der Waals surface area contributed by atoms with Gasteiger partial charge in [0.25, 0.3) is 0 Å². The minimum atomic E-state index is -0.0491. The Labute approximate surface area is 166 Å². The van der Waals surface area contributed by atoms with Crippen molar-refractivity contribution in [1.82, 2.24) is 24.6 Å². The molecule has 28 heavy (non-hydrogen) atoms. The van der Waals surface area contributed by atoms with E-state index in [9.17, 15) is 4.79 Å². The number of thiazole rings is 1. The van der Waals surface area contributed by atoms with Crippen LogP contribution in [-0.2, 0) is 11.2 Å². The minimum Gasteiger partial charge on any atom is -0.302 e. The lowest BCUT2D eigenvalue weighted by Gasteiger charge is -2.11. The molecular weight excluding hydrogens is 372 g/mol. The van der Waals surface area contributed by atoms with Gasteiger partial charge in [0, 0.05) is 28.9 Å². The van der Waals surface area contributed by atoms with E-state index in [4.69, 9.17) is 4.98 Å². The Kier molecular flexibility index (Phi) is 4.58. The van der Waals surface area contributed by atoms with E-state index in [1.165, 1.54) is 11.3 Å². The topological polar surface area (TPSA) is 85.1 Å². The summed E-state index contributed by atoms with van der Waals surface area (Å²) in [4.78, 5) is 25.9. The first-order valence-electron chi connectivity index (χ1n) is 9.18. The quantitative estimate of drug-likeness (QED) is 0.568. The normalized spacial score (nSPS) is 11.5. The summed E-state index contributed by atoms with van der Waals surface area (Å²) in [5, 5.41) is 11.1. The van der Waals surface area contributed by atoms with E-state index < -0.39 is 0 Å². The summed E-state index contributed by atoms with van der Waals surface area (Å²) in [6.45, 7) is 9.94. The standard InChI is InChI=1S/C20H22N6OS/c1-10-8-11(2)21-18-17(10)19-23-13(4)15(14(5)26(19)25-18)6-7-16(27)24-20-22-12(3)9-28-20/h8-9H,6-7H2,1-5H3,(H,22,24,27). The number of hydrogen-bond donors (Lipinski definition) is 1. The second-order valence-corrected chi connectivity index (χ2v) is 7.98. The highest BCUT2D eigenvalue weighted by molar-refractivity contribution is 7.13. The molecule has 0 radical (unpaired) electrons. The van der Waals surface area contributed by atoms with Crippen LogP contribution in [0.1, 0.15) is 40.3 Å². The van der Waals surface area contributed by atoms with Crippen LogP contribution in [0, 0.1) is 34.6 Å². The van der Waals surface area contributed by atoms with Crippen LogP contribution >= 0.6 is 11.3 Å². The number of rotatable bonds is 4. The highest BCUT2D eigenvalue weighted by Gasteiger charge is 2.17. The van der Waals surface area contributed by atoms with Crippen molar-refractivity contribution >= 4 is 39.1 Å². The van der Waals surface area contributed by atoms with Crippen LogP contribution in [0.25, 0.3) is 16.7 Å². The van der Waals surface area contributed by atoms with Gasteiger partial charge in [0.2, 0.25) is 5.91 Å². The van der Waals surface area contributed by atoms with Crippen LogP contribution < -0.4 is 5.32 Å². The molecule has 1 N–H and O–H groups in total. The summed E-state index contributed by atoms with van der Waals surface area (Å²) >= 11 is 1.44. The van der Waals surface area contributed by atoms with Gasteiger partial charge in [-0.25, -0.2) is 19.5 Å². The highest BCUT2D eigenvalue weighted by atomic mass is 32.1. The van der Waals surface area contributed by atoms with Gasteiger partial charge in [-0.2, -0.15) is 0 Å². The number of pyridine rings is 1. The molecule has 144 valence electrons. The van der Waals surface area contributed by atoms with E-state index in [0.717, 1.165) is 44.9 Å². The van der Waals surface area contributed by atoms with Gasteiger partial charge in [0.1, 0.15) is 0 Å². The lowest BCUT2D eigenvalue weighted by Crippen LogP contribution is -2.14. The molecule has 4 aromatic rings. The third-order valence-corrected chi connectivity index (χ3v) is 5.75. The number of carbonyl (C=O) groups excluding carboxylic acids is 1. The first kappa shape index (κ1) is 18.5. The molecule has 0 fully saturated rings. The SMILES string of the molecule is Cc1csc(NC(=O)CCc2c(C)nc3c4c(C)cc(C)nc4nn3c2C)n1. The first-order chi connectivity index (χ1) is 13.3. The van der Waals surface area contributed by atoms with Crippen LogP contribution in [-0.4, -0.2) is 30.5 Å². The van der Waals surface area contributed by atoms with Crippen molar-refractivity contribution in [2.75, 3.05) is 5.32 Å². The van der Waals surface area contributed by atoms with Gasteiger partial charge in [0.15, 0.2) is 16.4 Å². The molecule has 0 saturated heterocycles. The van der Waals surface area contributed by atoms with Crippen molar-refractivity contribution < 1.29 is 4.79 Å². The van der Waals surface area contributed by atoms with Gasteiger partial charge in [-0.3, -0.25) is 4.79 Å². The molecular formula is C20H22N6OS. The van der Waals surface area contributed by atoms with Crippen LogP contribution in [0.2, 0.25) is 0 Å². The highest BCUT2D eigenvalue weighted by Crippen LogP contribution is 2.25. The Morgan fingerprint density at radius 1 is 1.11 bits per heavy atom. The Hall–Kier alpha value is -2.87. The second-order valence-electron chi connectivity index (χ2n) is 7.12. The van der Waals surface area contributed by atoms with Gasteiger partial charge in [-0.15, -0.1) is 16.4 Å². The van der Waals surface area contributed by atoms with Gasteiger partial charge >= 0.3 is 0 Å². The van der Waals surface area contributed by atoms with Crippen molar-refractivity contribution in [3.8, 4) is 0 Å². The summed E-state index contributed by atoms with van der Waals surface area (Å²) in [5.41, 5.74) is 7.46. The number of amides is 1. The lowest BCUT2D eigenvalue weighted by molar-refractivity contribution is -0.116. The molecule has 0 spiro atoms. The summed E-state index contributed by atoms with van der Waals surface area (Å²) in [7, 11) is 0. The Morgan fingerprint density at radius 3 is 2.61 bits per heavy atom. The summed E-state index contributed by atoms with van der Waals surface area (Å²) in [6.07, 6.45) is 0.961. The van der Waals surface area contributed by atoms with Crippen molar-refractivity contribution in [2.45, 2.75) is 47.5 Å². The predicted molar refractivity (Wildman–Crippen MR) is 111 cm³/mol. The maximum atomic E-state index is 12.3. The number of aromatic nitrogens is 5. The molecule has 0 bridgehead atoms. The molecule has 0 unspecified atom stereocenters. The third-order valence-electron chi connectivity index (χ3n) is 4.88. The van der Waals surface area contributed by atoms with Crippen molar-refractivity contribution in [2.24, 2.45) is 0 Å². The summed E-state index contributed by atoms with van der Waals surface area (Å²) < 4.78 is 1.86. The Balaban J connectivity index is 1.65. The maximum absolute atomic E-state index is 12.3. The molecule has 8 heteroatoms. The van der Waals surface area contributed by atoms with E-state index in [-0.39, 0.29) is 5.91 Å². The van der Waals surface area contributed by atoms with E-state index in [0.29, 0.717) is 23.6 Å². The molecule has 4 aromatic heterocycles. The second kappa shape index (κ2) is 6.94. The number of carbonyl (C=O) groups is 1. The van der Waals surface area contributed by atoms with E-state index in [1.807, 2.05) is 37.6 Å². The molecule has 0 atom stereocenters. The molecule has 4 heterocycles. The van der Waals surface area contributed by atoms with Crippen LogP contribution in [0.5, 0.6) is 0 Å². The molecule has 0 saturated carbocycles. The fourth-order valence-corrected chi connectivity index (χ4v) is 4.26. The van der Waals surface area contributed by atoms with Crippen molar-refractivity contribution in [3.63, 3.8) is 0 Å². The van der Waals surface area contributed by atoms with Crippen LogP contribution in [0.15, 0.2) is 11.4 Å². The van der Waals surface area contributed by atoms with E-state index >= 15 is 0 Å². The molecule has 0 aliphatic rings. The van der Waals surface area contributed by atoms with E-state index in [1.54, 1.807) is 0 Å². The number of nitrogens with one attached hydrogen (secondary N) is 1. The molecule has 1 amide bonds. The molecule has 7 nitrogen and oxygen atoms in total. The monoisotopic (exact) mass is 394 g/mol. The zero-order chi connectivity index (χ0) is 20.0. The molecule has 0 aromatic carbocycles. The minimum absolute atomic E-state index is 0.0491. The number of fused-ring (bicyclic) bond motifs is 3. The van der Waals surface area contributed by atoms with Crippen LogP contribution in [0.3, 0.4) is 0 Å². The number of nitrogens with zero attached hydrogens (tertiary/aromatic N) is 5. The zero-order valence-electron chi connectivity index (χ0n) is 16.6. The maximum Gasteiger partial charge on any atom is 0.226 e. The smallest absolute Gasteiger partial charge is 0.226 e. The summed E-state index contributed by atoms with van der Waals surface area (Å²) in [6, 6.07) is 2.05. The van der Waals surface area contributed by atoms with E-state index in [2.05, 4.69) is 33.4 Å². The van der Waals surface area contributed by atoms with Crippen LogP contribution in [0.4, 0.5) is 5.13 Å². The van der Waals surface area contributed by atoms with Gasteiger partial charge in [-0.05, 0) is 58.2 Å². The number of hydrogen-bond acceptors (Lipinski definition) is 6. The largest absolute Gasteiger partial charge is 0.302 e. The van der Waals surface area contributed by atoms with Crippen molar-refractivity contribution in [3.05, 3.63) is 45.3 Å². The Morgan fingerprint density at radius 2 is 1.89 bits per heavy atom. The zero-order valence-corrected chi connectivity index (χ0v) is 17.4. The summed E-state index contributed by atoms with van der Waals surface area (Å²) in [5.74, 6) is -0.0491. The molecule has 0 aliphatic carbocycles. The van der Waals surface area contributed by atoms with Gasteiger partial charge < -0.3 is 5.32 Å². The fourth-order valence-electron chi connectivity index (χ4n) is 3.56. The third kappa shape index (κ3) is 3.24. The fraction of sp³-hybridized carbons (Fsp3) is 0.350. The average molecular weight is 395 g/mol. The molecule has 4 rings (SSSR count). The van der Waals surface area contributed by atoms with Crippen molar-refractivity contribution in [1.29, 1.82) is 0 Å². The first-order valence-corrected chi connectivity index (χ1v) is 10.1. The predicted octanol–water partition coefficient (Wildman–Crippen LogP) is 3.85. The number of anilines is 1. The van der Waals surface area contributed by atoms with Gasteiger partial charge in [-0.1, -0.05) is 0 Å². The molecule has 0 aliphatic heterocycles. The Bertz CT molecular complexity index is 1220. The lowest BCUT2D eigenvalue weighted by atomic mass is 10.1. The van der Waals surface area contributed by atoms with Gasteiger partial charge in [0.05, 0.1) is 11.1 Å².